The number of sulfonamides is 1. The van der Waals surface area contributed by atoms with Crippen molar-refractivity contribution in [1.29, 1.82) is 5.26 Å². The number of ether oxygens (including phenoxy) is 6. The first kappa shape index (κ1) is 41.2. The second kappa shape index (κ2) is 19.4. The first-order valence-electron chi connectivity index (χ1n) is 16.6. The van der Waals surface area contributed by atoms with Crippen LogP contribution in [0, 0.1) is 11.3 Å². The van der Waals surface area contributed by atoms with E-state index in [1.165, 1.54) is 0 Å². The minimum atomic E-state index is -3.42. The van der Waals surface area contributed by atoms with Crippen LogP contribution in [0.1, 0.15) is 54.0 Å². The molecule has 16 heteroatoms. The molecule has 3 aromatic rings. The van der Waals surface area contributed by atoms with Crippen molar-refractivity contribution < 1.29 is 41.6 Å². The van der Waals surface area contributed by atoms with Crippen LogP contribution in [0.3, 0.4) is 0 Å². The number of aromatic nitrogens is 3. The van der Waals surface area contributed by atoms with Crippen molar-refractivity contribution in [2.75, 3.05) is 75.3 Å². The fourth-order valence-corrected chi connectivity index (χ4v) is 5.01. The highest BCUT2D eigenvalue weighted by Crippen LogP contribution is 2.35. The quantitative estimate of drug-likeness (QED) is 0.112. The molecule has 51 heavy (non-hydrogen) atoms. The van der Waals surface area contributed by atoms with Crippen LogP contribution in [0.2, 0.25) is 0 Å². The minimum Gasteiger partial charge on any atom is -0.475 e. The lowest BCUT2D eigenvalue weighted by Gasteiger charge is -2.23. The number of carbonyl (C=O) groups is 1. The number of nitrogens with zero attached hydrogens (tertiary/aromatic N) is 4. The molecule has 280 valence electrons. The summed E-state index contributed by atoms with van der Waals surface area (Å²) in [4.78, 5) is 15.9. The molecular formula is C35H50N6O9S. The molecule has 2 N–H and O–H groups in total. The zero-order chi connectivity index (χ0) is 37.5. The summed E-state index contributed by atoms with van der Waals surface area (Å²) in [7, 11) is -3.42. The maximum Gasteiger partial charge on any atom is 0.332 e. The summed E-state index contributed by atoms with van der Waals surface area (Å²) in [6, 6.07) is 12.5. The summed E-state index contributed by atoms with van der Waals surface area (Å²) in [5.74, 6) is 0.417. The smallest absolute Gasteiger partial charge is 0.332 e. The normalized spacial score (nSPS) is 12.0. The summed E-state index contributed by atoms with van der Waals surface area (Å²) < 4.78 is 60.9. The molecule has 0 spiro atoms. The molecule has 0 aliphatic heterocycles. The number of hydrogen-bond acceptors (Lipinski definition) is 13. The Balaban J connectivity index is 1.44. The zero-order valence-electron chi connectivity index (χ0n) is 30.5. The molecular weight excluding hydrogens is 680 g/mol. The molecule has 0 fully saturated rings. The van der Waals surface area contributed by atoms with Crippen molar-refractivity contribution in [3.8, 4) is 23.2 Å². The third-order valence-electron chi connectivity index (χ3n) is 6.68. The summed E-state index contributed by atoms with van der Waals surface area (Å²) in [6.45, 7) is 15.6. The maximum absolute atomic E-state index is 12.0. The lowest BCUT2D eigenvalue weighted by molar-refractivity contribution is -0.160. The van der Waals surface area contributed by atoms with E-state index >= 15 is 0 Å². The molecule has 0 radical (unpaired) electrons. The van der Waals surface area contributed by atoms with Gasteiger partial charge in [0.1, 0.15) is 42.0 Å². The highest BCUT2D eigenvalue weighted by atomic mass is 32.2. The second-order valence-corrected chi connectivity index (χ2v) is 15.2. The Kier molecular flexibility index (Phi) is 15.6. The van der Waals surface area contributed by atoms with Gasteiger partial charge in [0, 0.05) is 29.2 Å². The summed E-state index contributed by atoms with van der Waals surface area (Å²) in [5, 5.41) is 18.3. The molecule has 3 rings (SSSR count). The summed E-state index contributed by atoms with van der Waals surface area (Å²) in [5.41, 5.74) is 1.50. The van der Waals surface area contributed by atoms with Crippen LogP contribution in [0.25, 0.3) is 11.3 Å². The zero-order valence-corrected chi connectivity index (χ0v) is 31.3. The molecule has 0 aliphatic rings. The Morgan fingerprint density at radius 2 is 1.45 bits per heavy atom. The molecule has 0 aliphatic carbocycles. The van der Waals surface area contributed by atoms with E-state index in [9.17, 15) is 18.5 Å². The van der Waals surface area contributed by atoms with Gasteiger partial charge >= 0.3 is 5.97 Å². The Morgan fingerprint density at radius 3 is 2.00 bits per heavy atom. The number of nitrogens with one attached hydrogen (secondary N) is 2. The molecule has 1 aromatic carbocycles. The largest absolute Gasteiger partial charge is 0.475 e. The maximum atomic E-state index is 12.0. The number of rotatable bonds is 21. The number of anilines is 3. The van der Waals surface area contributed by atoms with E-state index in [-0.39, 0.29) is 25.6 Å². The molecule has 0 saturated carbocycles. The number of benzene rings is 1. The van der Waals surface area contributed by atoms with Gasteiger partial charge in [-0.25, -0.2) is 22.9 Å². The van der Waals surface area contributed by atoms with Gasteiger partial charge in [-0.2, -0.15) is 10.4 Å². The van der Waals surface area contributed by atoms with Gasteiger partial charge in [-0.1, -0.05) is 12.1 Å². The van der Waals surface area contributed by atoms with E-state index in [4.69, 9.17) is 33.5 Å². The van der Waals surface area contributed by atoms with Gasteiger partial charge in [-0.05, 0) is 66.7 Å². The van der Waals surface area contributed by atoms with Crippen LogP contribution in [0.15, 0.2) is 42.6 Å². The SMILES string of the molecule is CCS(=O)(=O)Nc1ccc(-c2nn(C(C)(C)C)c(Nc3ccnc(OCCOCCOCCOCCOCC(=O)OC(C)(C)C)c3)c2C#N)cc1. The van der Waals surface area contributed by atoms with Crippen LogP contribution in [0.5, 0.6) is 5.88 Å². The molecule has 0 unspecified atom stereocenters. The van der Waals surface area contributed by atoms with Gasteiger partial charge in [0.2, 0.25) is 15.9 Å². The predicted molar refractivity (Wildman–Crippen MR) is 193 cm³/mol. The first-order chi connectivity index (χ1) is 24.1. The van der Waals surface area contributed by atoms with E-state index in [0.717, 1.165) is 0 Å². The highest BCUT2D eigenvalue weighted by molar-refractivity contribution is 7.92. The van der Waals surface area contributed by atoms with Crippen molar-refractivity contribution in [2.45, 2.75) is 59.6 Å². The summed E-state index contributed by atoms with van der Waals surface area (Å²) >= 11 is 0. The summed E-state index contributed by atoms with van der Waals surface area (Å²) in [6.07, 6.45) is 1.60. The minimum absolute atomic E-state index is 0.0404. The average Bonchev–Trinajstić information content (AvgIpc) is 3.43. The topological polar surface area (TPSA) is 185 Å². The van der Waals surface area contributed by atoms with Gasteiger partial charge in [0.15, 0.2) is 0 Å². The second-order valence-electron chi connectivity index (χ2n) is 13.2. The van der Waals surface area contributed by atoms with Gasteiger partial charge in [0.25, 0.3) is 0 Å². The Morgan fingerprint density at radius 1 is 0.863 bits per heavy atom. The lowest BCUT2D eigenvalue weighted by atomic mass is 10.1. The molecule has 0 bridgehead atoms. The molecule has 0 atom stereocenters. The third-order valence-corrected chi connectivity index (χ3v) is 7.98. The molecule has 0 saturated heterocycles. The van der Waals surface area contributed by atoms with E-state index in [1.807, 2.05) is 20.8 Å². The van der Waals surface area contributed by atoms with Crippen LogP contribution in [-0.2, 0) is 44.0 Å². The van der Waals surface area contributed by atoms with Crippen LogP contribution < -0.4 is 14.8 Å². The number of esters is 1. The number of carbonyl (C=O) groups excluding carboxylic acids is 1. The van der Waals surface area contributed by atoms with Crippen molar-refractivity contribution in [3.05, 3.63) is 48.2 Å². The third kappa shape index (κ3) is 14.5. The van der Waals surface area contributed by atoms with Crippen molar-refractivity contribution in [3.63, 3.8) is 0 Å². The van der Waals surface area contributed by atoms with Crippen LogP contribution >= 0.6 is 0 Å². The van der Waals surface area contributed by atoms with Crippen molar-refractivity contribution in [1.82, 2.24) is 14.8 Å². The standard InChI is InChI=1S/C35H50N6O9S/c1-8-51(43,44)40-27-11-9-26(10-12-27)32-29(24-36)33(41(39-32)34(2,3)4)38-28-13-14-37-30(23-28)49-22-21-47-18-17-45-15-16-46-19-20-48-25-31(42)50-35(5,6)7/h9-14,23,40H,8,15-22,25H2,1-7H3,(H,37,38). The van der Waals surface area contributed by atoms with E-state index in [0.29, 0.717) is 79.5 Å². The molecule has 0 amide bonds. The lowest BCUT2D eigenvalue weighted by Crippen LogP contribution is -2.27. The predicted octanol–water partition coefficient (Wildman–Crippen LogP) is 4.86. The first-order valence-corrected chi connectivity index (χ1v) is 18.3. The molecule has 15 nitrogen and oxygen atoms in total. The van der Waals surface area contributed by atoms with Gasteiger partial charge in [-0.15, -0.1) is 0 Å². The number of nitriles is 1. The van der Waals surface area contributed by atoms with E-state index in [1.54, 1.807) is 75.0 Å². The Labute approximate surface area is 300 Å². The number of pyridine rings is 1. The molecule has 2 heterocycles. The van der Waals surface area contributed by atoms with E-state index in [2.05, 4.69) is 21.1 Å². The van der Waals surface area contributed by atoms with E-state index < -0.39 is 27.1 Å². The van der Waals surface area contributed by atoms with Crippen molar-refractivity contribution in [2.24, 2.45) is 0 Å². The van der Waals surface area contributed by atoms with Crippen LogP contribution in [0.4, 0.5) is 17.2 Å². The fourth-order valence-electron chi connectivity index (χ4n) is 4.37. The fraction of sp³-hybridized carbons (Fsp3) is 0.543. The van der Waals surface area contributed by atoms with Gasteiger partial charge in [-0.3, -0.25) is 4.72 Å². The van der Waals surface area contributed by atoms with Gasteiger partial charge < -0.3 is 33.7 Å². The Hall–Kier alpha value is -4.27. The monoisotopic (exact) mass is 730 g/mol. The van der Waals surface area contributed by atoms with Crippen molar-refractivity contribution >= 4 is 33.2 Å². The average molecular weight is 731 g/mol. The number of hydrogen-bond donors (Lipinski definition) is 2. The molecule has 2 aromatic heterocycles. The van der Waals surface area contributed by atoms with Gasteiger partial charge in [0.05, 0.1) is 57.5 Å². The highest BCUT2D eigenvalue weighted by Gasteiger charge is 2.26. The Bertz CT molecular complexity index is 1690. The van der Waals surface area contributed by atoms with Crippen LogP contribution in [-0.4, -0.2) is 100.0 Å².